The Hall–Kier alpha value is -1.98. The molecule has 2 aliphatic heterocycles. The maximum Gasteiger partial charge on any atom is 0.133 e. The van der Waals surface area contributed by atoms with Crippen molar-refractivity contribution in [3.05, 3.63) is 53.5 Å². The third-order valence-electron chi connectivity index (χ3n) is 5.11. The highest BCUT2D eigenvalue weighted by molar-refractivity contribution is 5.49. The maximum absolute atomic E-state index is 5.56. The maximum atomic E-state index is 5.56. The van der Waals surface area contributed by atoms with Crippen LogP contribution in [0.25, 0.3) is 0 Å². The van der Waals surface area contributed by atoms with E-state index in [1.807, 2.05) is 18.5 Å². The van der Waals surface area contributed by atoms with Gasteiger partial charge in [0.1, 0.15) is 5.82 Å². The summed E-state index contributed by atoms with van der Waals surface area (Å²) in [6, 6.07) is 8.52. The molecule has 1 atom stereocenters. The standard InChI is InChI=1S/C20H26N4O/c1-16-4-5-19-14-23(12-18-6-10-25-15-18)8-9-24(20(19)22-16)13-17-3-2-7-21-11-17/h2-5,7,11,18H,6,8-10,12-15H2,1H3. The molecule has 2 aliphatic rings. The van der Waals surface area contributed by atoms with Crippen LogP contribution in [0, 0.1) is 12.8 Å². The van der Waals surface area contributed by atoms with Crippen LogP contribution in [-0.2, 0) is 17.8 Å². The normalized spacial score (nSPS) is 21.2. The van der Waals surface area contributed by atoms with Crippen LogP contribution >= 0.6 is 0 Å². The lowest BCUT2D eigenvalue weighted by Gasteiger charge is -2.25. The Morgan fingerprint density at radius 1 is 1.24 bits per heavy atom. The number of hydrogen-bond donors (Lipinski definition) is 0. The molecule has 5 nitrogen and oxygen atoms in total. The van der Waals surface area contributed by atoms with E-state index in [0.717, 1.165) is 57.4 Å². The molecule has 2 aromatic heterocycles. The van der Waals surface area contributed by atoms with Gasteiger partial charge in [-0.25, -0.2) is 4.98 Å². The molecule has 132 valence electrons. The highest BCUT2D eigenvalue weighted by Crippen LogP contribution is 2.26. The van der Waals surface area contributed by atoms with Gasteiger partial charge in [-0.15, -0.1) is 0 Å². The third kappa shape index (κ3) is 3.99. The van der Waals surface area contributed by atoms with Gasteiger partial charge < -0.3 is 9.64 Å². The number of hydrogen-bond acceptors (Lipinski definition) is 5. The summed E-state index contributed by atoms with van der Waals surface area (Å²) < 4.78 is 5.56. The molecule has 4 heterocycles. The monoisotopic (exact) mass is 338 g/mol. The molecule has 5 heteroatoms. The first-order valence-corrected chi connectivity index (χ1v) is 9.18. The Kier molecular flexibility index (Phi) is 4.95. The molecule has 0 N–H and O–H groups in total. The molecule has 0 aliphatic carbocycles. The first-order valence-electron chi connectivity index (χ1n) is 9.18. The van der Waals surface area contributed by atoms with Gasteiger partial charge in [-0.2, -0.15) is 0 Å². The second kappa shape index (κ2) is 7.50. The Balaban J connectivity index is 1.55. The summed E-state index contributed by atoms with van der Waals surface area (Å²) >= 11 is 0. The number of anilines is 1. The molecule has 4 rings (SSSR count). The van der Waals surface area contributed by atoms with E-state index in [0.29, 0.717) is 5.92 Å². The van der Waals surface area contributed by atoms with E-state index in [1.54, 1.807) is 0 Å². The lowest BCUT2D eigenvalue weighted by atomic mass is 10.1. The molecule has 0 aromatic carbocycles. The van der Waals surface area contributed by atoms with Gasteiger partial charge in [0.25, 0.3) is 0 Å². The summed E-state index contributed by atoms with van der Waals surface area (Å²) in [5.74, 6) is 1.81. The van der Waals surface area contributed by atoms with Crippen molar-refractivity contribution in [3.63, 3.8) is 0 Å². The van der Waals surface area contributed by atoms with Gasteiger partial charge >= 0.3 is 0 Å². The number of ether oxygens (including phenoxy) is 1. The molecule has 1 saturated heterocycles. The van der Waals surface area contributed by atoms with Gasteiger partial charge in [0.15, 0.2) is 0 Å². The molecule has 2 aromatic rings. The zero-order valence-electron chi connectivity index (χ0n) is 14.9. The number of rotatable bonds is 4. The minimum atomic E-state index is 0.673. The van der Waals surface area contributed by atoms with Gasteiger partial charge in [0.2, 0.25) is 0 Å². The summed E-state index contributed by atoms with van der Waals surface area (Å²) in [6.07, 6.45) is 4.97. The van der Waals surface area contributed by atoms with Crippen molar-refractivity contribution in [1.82, 2.24) is 14.9 Å². The molecule has 1 unspecified atom stereocenters. The molecular weight excluding hydrogens is 312 g/mol. The van der Waals surface area contributed by atoms with Crippen molar-refractivity contribution in [3.8, 4) is 0 Å². The molecule has 0 amide bonds. The van der Waals surface area contributed by atoms with E-state index in [4.69, 9.17) is 9.72 Å². The summed E-state index contributed by atoms with van der Waals surface area (Å²) in [5, 5.41) is 0. The Morgan fingerprint density at radius 2 is 2.20 bits per heavy atom. The highest BCUT2D eigenvalue weighted by Gasteiger charge is 2.25. The average Bonchev–Trinajstić information content (AvgIpc) is 3.08. The molecule has 25 heavy (non-hydrogen) atoms. The van der Waals surface area contributed by atoms with Crippen LogP contribution < -0.4 is 4.90 Å². The Morgan fingerprint density at radius 3 is 3.00 bits per heavy atom. The van der Waals surface area contributed by atoms with Crippen LogP contribution in [0.1, 0.15) is 23.2 Å². The molecule has 1 fully saturated rings. The summed E-state index contributed by atoms with van der Waals surface area (Å²) in [7, 11) is 0. The molecule has 0 bridgehead atoms. The van der Waals surface area contributed by atoms with Gasteiger partial charge in [-0.3, -0.25) is 9.88 Å². The number of fused-ring (bicyclic) bond motifs is 1. The van der Waals surface area contributed by atoms with Gasteiger partial charge in [0.05, 0.1) is 6.61 Å². The van der Waals surface area contributed by atoms with E-state index in [9.17, 15) is 0 Å². The fraction of sp³-hybridized carbons (Fsp3) is 0.500. The van der Waals surface area contributed by atoms with Crippen molar-refractivity contribution in [2.75, 3.05) is 37.7 Å². The molecule has 0 radical (unpaired) electrons. The van der Waals surface area contributed by atoms with Crippen LogP contribution in [0.5, 0.6) is 0 Å². The molecule has 0 saturated carbocycles. The van der Waals surface area contributed by atoms with E-state index < -0.39 is 0 Å². The lowest BCUT2D eigenvalue weighted by Crippen LogP contribution is -2.34. The fourth-order valence-electron chi connectivity index (χ4n) is 3.77. The smallest absolute Gasteiger partial charge is 0.133 e. The SMILES string of the molecule is Cc1ccc2c(n1)N(Cc1cccnc1)CCN(CC1CCOC1)C2. The number of pyridine rings is 2. The van der Waals surface area contributed by atoms with Crippen molar-refractivity contribution in [1.29, 1.82) is 0 Å². The number of aromatic nitrogens is 2. The van der Waals surface area contributed by atoms with Crippen molar-refractivity contribution in [2.45, 2.75) is 26.4 Å². The third-order valence-corrected chi connectivity index (χ3v) is 5.11. The van der Waals surface area contributed by atoms with Crippen molar-refractivity contribution >= 4 is 5.82 Å². The van der Waals surface area contributed by atoms with E-state index in [1.165, 1.54) is 17.5 Å². The van der Waals surface area contributed by atoms with Crippen molar-refractivity contribution < 1.29 is 4.74 Å². The number of nitrogens with zero attached hydrogens (tertiary/aromatic N) is 4. The quantitative estimate of drug-likeness (QED) is 0.857. The zero-order valence-corrected chi connectivity index (χ0v) is 14.9. The summed E-state index contributed by atoms with van der Waals surface area (Å²) in [6.45, 7) is 8.91. The minimum Gasteiger partial charge on any atom is -0.381 e. The predicted molar refractivity (Wildman–Crippen MR) is 98.5 cm³/mol. The van der Waals surface area contributed by atoms with Gasteiger partial charge in [-0.05, 0) is 37.0 Å². The van der Waals surface area contributed by atoms with Gasteiger partial charge in [0, 0.05) is 63.0 Å². The topological polar surface area (TPSA) is 41.5 Å². The Bertz CT molecular complexity index is 700. The first kappa shape index (κ1) is 16.5. The minimum absolute atomic E-state index is 0.673. The summed E-state index contributed by atoms with van der Waals surface area (Å²) in [5.41, 5.74) is 3.63. The predicted octanol–water partition coefficient (Wildman–Crippen LogP) is 2.64. The second-order valence-electron chi connectivity index (χ2n) is 7.18. The molecular formula is C20H26N4O. The highest BCUT2D eigenvalue weighted by atomic mass is 16.5. The van der Waals surface area contributed by atoms with E-state index in [-0.39, 0.29) is 0 Å². The first-order chi connectivity index (χ1) is 12.3. The van der Waals surface area contributed by atoms with Crippen LogP contribution in [-0.4, -0.2) is 47.7 Å². The zero-order chi connectivity index (χ0) is 17.1. The van der Waals surface area contributed by atoms with Crippen LogP contribution in [0.2, 0.25) is 0 Å². The van der Waals surface area contributed by atoms with E-state index >= 15 is 0 Å². The van der Waals surface area contributed by atoms with Gasteiger partial charge in [-0.1, -0.05) is 12.1 Å². The van der Waals surface area contributed by atoms with Crippen LogP contribution in [0.3, 0.4) is 0 Å². The van der Waals surface area contributed by atoms with E-state index in [2.05, 4.69) is 39.9 Å². The molecule has 0 spiro atoms. The number of aryl methyl sites for hydroxylation is 1. The van der Waals surface area contributed by atoms with Crippen LogP contribution in [0.15, 0.2) is 36.7 Å². The Labute approximate surface area is 149 Å². The largest absolute Gasteiger partial charge is 0.381 e. The second-order valence-corrected chi connectivity index (χ2v) is 7.18. The lowest BCUT2D eigenvalue weighted by molar-refractivity contribution is 0.166. The summed E-state index contributed by atoms with van der Waals surface area (Å²) in [4.78, 5) is 14.1. The van der Waals surface area contributed by atoms with Crippen LogP contribution in [0.4, 0.5) is 5.82 Å². The van der Waals surface area contributed by atoms with Crippen molar-refractivity contribution in [2.24, 2.45) is 5.92 Å². The average molecular weight is 338 g/mol. The fourth-order valence-corrected chi connectivity index (χ4v) is 3.77.